The van der Waals surface area contributed by atoms with Crippen molar-refractivity contribution in [2.45, 2.75) is 76.2 Å². The van der Waals surface area contributed by atoms with E-state index in [2.05, 4.69) is 10.2 Å². The molecule has 3 amide bonds. The van der Waals surface area contributed by atoms with Crippen LogP contribution >= 0.6 is 0 Å². The Morgan fingerprint density at radius 3 is 2.22 bits per heavy atom. The van der Waals surface area contributed by atoms with Crippen LogP contribution in [0.5, 0.6) is 0 Å². The molecule has 2 saturated heterocycles. The number of amides is 3. The fourth-order valence-electron chi connectivity index (χ4n) is 7.46. The number of carbonyl (C=O) groups is 3. The van der Waals surface area contributed by atoms with E-state index in [1.165, 1.54) is 4.90 Å². The summed E-state index contributed by atoms with van der Waals surface area (Å²) in [6.45, 7) is 2.62. The lowest BCUT2D eigenvalue weighted by Crippen LogP contribution is -2.43. The van der Waals surface area contributed by atoms with Crippen molar-refractivity contribution >= 4 is 17.9 Å². The minimum atomic E-state index is -0.997. The Morgan fingerprint density at radius 1 is 0.828 bits per heavy atom. The lowest BCUT2D eigenvalue weighted by molar-refractivity contribution is -0.253. The largest absolute Gasteiger partial charge is 0.445 e. The normalized spacial score (nSPS) is 20.5. The van der Waals surface area contributed by atoms with Crippen molar-refractivity contribution in [1.29, 1.82) is 0 Å². The first-order valence-corrected chi connectivity index (χ1v) is 19.6. The summed E-state index contributed by atoms with van der Waals surface area (Å²) in [5, 5.41) is 23.4. The summed E-state index contributed by atoms with van der Waals surface area (Å²) in [5.41, 5.74) is 6.81. The Kier molecular flexibility index (Phi) is 13.1. The van der Waals surface area contributed by atoms with Crippen LogP contribution in [-0.4, -0.2) is 69.7 Å². The van der Waals surface area contributed by atoms with Crippen LogP contribution in [0.3, 0.4) is 0 Å². The van der Waals surface area contributed by atoms with Crippen LogP contribution in [-0.2, 0) is 43.6 Å². The SMILES string of the molecule is C[C@@H]([C@H](O)c1ccccc1)N(C)C[C@H]1C[C@@H](c2ccc(CO)cc2)O[C@@H](c2cccc(-c3cccc(CN4C(=O)CC(NC(=O)OCc5ccccc5)C4=O)c3)c2)O1. The fourth-order valence-corrected chi connectivity index (χ4v) is 7.46. The first-order valence-electron chi connectivity index (χ1n) is 19.6. The second-order valence-corrected chi connectivity index (χ2v) is 15.0. The number of nitrogens with one attached hydrogen (secondary N) is 1. The predicted octanol–water partition coefficient (Wildman–Crippen LogP) is 7.00. The highest BCUT2D eigenvalue weighted by atomic mass is 16.7. The van der Waals surface area contributed by atoms with E-state index in [9.17, 15) is 24.6 Å². The molecule has 2 aliphatic heterocycles. The van der Waals surface area contributed by atoms with Gasteiger partial charge in [-0.05, 0) is 65.0 Å². The molecule has 2 fully saturated rings. The molecule has 7 rings (SSSR count). The van der Waals surface area contributed by atoms with Crippen LogP contribution in [0.15, 0.2) is 133 Å². The van der Waals surface area contributed by atoms with Gasteiger partial charge >= 0.3 is 6.09 Å². The van der Waals surface area contributed by atoms with Crippen LogP contribution in [0, 0.1) is 0 Å². The number of alkyl carbamates (subject to hydrolysis) is 1. The van der Waals surface area contributed by atoms with E-state index < -0.39 is 30.4 Å². The Labute approximate surface area is 338 Å². The quantitative estimate of drug-likeness (QED) is 0.102. The molecular formula is C47H49N3O8. The van der Waals surface area contributed by atoms with Crippen LogP contribution in [0.2, 0.25) is 0 Å². The molecule has 300 valence electrons. The monoisotopic (exact) mass is 783 g/mol. The number of hydrogen-bond donors (Lipinski definition) is 3. The van der Waals surface area contributed by atoms with E-state index in [0.29, 0.717) is 13.0 Å². The van der Waals surface area contributed by atoms with Gasteiger partial charge in [-0.1, -0.05) is 121 Å². The number of likely N-dealkylation sites (tertiary alicyclic amines) is 1. The predicted molar refractivity (Wildman–Crippen MR) is 218 cm³/mol. The minimum absolute atomic E-state index is 0.0467. The van der Waals surface area contributed by atoms with Crippen LogP contribution < -0.4 is 5.32 Å². The van der Waals surface area contributed by atoms with Gasteiger partial charge in [-0.15, -0.1) is 0 Å². The molecule has 2 heterocycles. The number of carbonyl (C=O) groups excluding carboxylic acids is 3. The Balaban J connectivity index is 1.04. The van der Waals surface area contributed by atoms with Gasteiger partial charge in [0.25, 0.3) is 5.91 Å². The zero-order valence-corrected chi connectivity index (χ0v) is 32.6. The zero-order chi connectivity index (χ0) is 40.6. The molecule has 58 heavy (non-hydrogen) atoms. The van der Waals surface area contributed by atoms with Gasteiger partial charge in [-0.25, -0.2) is 4.79 Å². The molecule has 5 aromatic rings. The molecule has 0 spiro atoms. The summed E-state index contributed by atoms with van der Waals surface area (Å²) in [7, 11) is 1.99. The summed E-state index contributed by atoms with van der Waals surface area (Å²) in [6.07, 6.45) is -2.20. The summed E-state index contributed by atoms with van der Waals surface area (Å²) in [6, 6.07) is 41.0. The second kappa shape index (κ2) is 18.7. The zero-order valence-electron chi connectivity index (χ0n) is 32.6. The van der Waals surface area contributed by atoms with Gasteiger partial charge < -0.3 is 29.7 Å². The standard InChI is InChI=1S/C47H49N3O8/c1-31(44(53)36-14-7-4-8-15-36)49(2)28-40-25-42(35-21-19-32(29-51)20-22-35)58-46(57-40)39-18-10-17-38(24-39)37-16-9-13-34(23-37)27-50-43(52)26-41(45(50)54)48-47(55)56-30-33-11-5-3-6-12-33/h3-24,31,40-42,44,46,51,53H,25-30H2,1-2H3,(H,48,55)/t31-,40+,41?,42-,44-,46-/m0/s1. The van der Waals surface area contributed by atoms with E-state index in [0.717, 1.165) is 44.5 Å². The van der Waals surface area contributed by atoms with E-state index in [1.807, 2.05) is 147 Å². The number of aliphatic hydroxyl groups is 2. The van der Waals surface area contributed by atoms with Crippen molar-refractivity contribution in [2.24, 2.45) is 0 Å². The van der Waals surface area contributed by atoms with Crippen LogP contribution in [0.4, 0.5) is 4.79 Å². The number of rotatable bonds is 14. The average Bonchev–Trinajstić information content (AvgIpc) is 3.52. The lowest BCUT2D eigenvalue weighted by Gasteiger charge is -2.39. The van der Waals surface area contributed by atoms with E-state index in [-0.39, 0.29) is 50.3 Å². The number of imide groups is 1. The molecule has 0 saturated carbocycles. The van der Waals surface area contributed by atoms with Crippen LogP contribution in [0.1, 0.15) is 71.6 Å². The average molecular weight is 784 g/mol. The van der Waals surface area contributed by atoms with E-state index >= 15 is 0 Å². The highest BCUT2D eigenvalue weighted by Crippen LogP contribution is 2.39. The van der Waals surface area contributed by atoms with Crippen molar-refractivity contribution in [2.75, 3.05) is 13.6 Å². The Hall–Kier alpha value is -5.69. The molecular weight excluding hydrogens is 735 g/mol. The summed E-state index contributed by atoms with van der Waals surface area (Å²) in [4.78, 5) is 42.0. The second-order valence-electron chi connectivity index (χ2n) is 15.0. The molecule has 0 aromatic heterocycles. The van der Waals surface area contributed by atoms with Gasteiger partial charge in [0, 0.05) is 24.6 Å². The number of likely N-dealkylation sites (N-methyl/N-ethyl adjacent to an activating group) is 1. The van der Waals surface area contributed by atoms with Crippen molar-refractivity contribution in [3.05, 3.63) is 167 Å². The summed E-state index contributed by atoms with van der Waals surface area (Å²) >= 11 is 0. The number of aliphatic hydroxyl groups excluding tert-OH is 2. The first kappa shape index (κ1) is 40.5. The van der Waals surface area contributed by atoms with Crippen molar-refractivity contribution < 1.29 is 38.8 Å². The van der Waals surface area contributed by atoms with Gasteiger partial charge in [0.2, 0.25) is 5.91 Å². The summed E-state index contributed by atoms with van der Waals surface area (Å²) in [5.74, 6) is -0.854. The number of hydrogen-bond acceptors (Lipinski definition) is 9. The topological polar surface area (TPSA) is 138 Å². The highest BCUT2D eigenvalue weighted by Gasteiger charge is 2.40. The van der Waals surface area contributed by atoms with Gasteiger partial charge in [0.05, 0.1) is 37.9 Å². The third-order valence-electron chi connectivity index (χ3n) is 10.9. The van der Waals surface area contributed by atoms with E-state index in [1.54, 1.807) is 0 Å². The van der Waals surface area contributed by atoms with Crippen molar-refractivity contribution in [3.8, 4) is 11.1 Å². The summed E-state index contributed by atoms with van der Waals surface area (Å²) < 4.78 is 18.6. The van der Waals surface area contributed by atoms with Crippen LogP contribution in [0.25, 0.3) is 11.1 Å². The molecule has 6 atom stereocenters. The number of nitrogens with zero attached hydrogens (tertiary/aromatic N) is 2. The highest BCUT2D eigenvalue weighted by molar-refractivity contribution is 6.06. The number of benzene rings is 5. The third kappa shape index (κ3) is 9.87. The third-order valence-corrected chi connectivity index (χ3v) is 10.9. The van der Waals surface area contributed by atoms with Gasteiger partial charge in [0.15, 0.2) is 6.29 Å². The molecule has 0 aliphatic carbocycles. The molecule has 2 aliphatic rings. The van der Waals surface area contributed by atoms with Crippen molar-refractivity contribution in [3.63, 3.8) is 0 Å². The fraction of sp³-hybridized carbons (Fsp3) is 0.298. The van der Waals surface area contributed by atoms with E-state index in [4.69, 9.17) is 14.2 Å². The van der Waals surface area contributed by atoms with Gasteiger partial charge in [-0.3, -0.25) is 19.4 Å². The molecule has 3 N–H and O–H groups in total. The molecule has 0 bridgehead atoms. The molecule has 1 unspecified atom stereocenters. The molecule has 5 aromatic carbocycles. The minimum Gasteiger partial charge on any atom is -0.445 e. The number of ether oxygens (including phenoxy) is 3. The molecule has 0 radical (unpaired) electrons. The van der Waals surface area contributed by atoms with Crippen molar-refractivity contribution in [1.82, 2.24) is 15.1 Å². The Morgan fingerprint density at radius 2 is 1.50 bits per heavy atom. The van der Waals surface area contributed by atoms with Gasteiger partial charge in [-0.2, -0.15) is 0 Å². The molecule has 11 heteroatoms. The Bertz CT molecular complexity index is 2170. The molecule has 11 nitrogen and oxygen atoms in total. The smallest absolute Gasteiger partial charge is 0.408 e. The maximum atomic E-state index is 13.3. The maximum absolute atomic E-state index is 13.3. The lowest BCUT2D eigenvalue weighted by atomic mass is 9.97. The maximum Gasteiger partial charge on any atom is 0.408 e. The van der Waals surface area contributed by atoms with Gasteiger partial charge in [0.1, 0.15) is 12.6 Å². The first-order chi connectivity index (χ1) is 28.1.